The van der Waals surface area contributed by atoms with Crippen molar-refractivity contribution in [2.45, 2.75) is 0 Å². The van der Waals surface area contributed by atoms with Crippen molar-refractivity contribution in [2.24, 2.45) is 0 Å². The molecule has 0 spiro atoms. The van der Waals surface area contributed by atoms with Crippen molar-refractivity contribution in [3.05, 3.63) is 103 Å². The zero-order valence-electron chi connectivity index (χ0n) is 17.0. The first-order valence-corrected chi connectivity index (χ1v) is 9.66. The minimum Gasteiger partial charge on any atom is -0.480 e. The molecule has 3 aromatic heterocycles. The van der Waals surface area contributed by atoms with Crippen molar-refractivity contribution in [1.29, 1.82) is 0 Å². The number of hydrogen-bond donors (Lipinski definition) is 0. The van der Waals surface area contributed by atoms with Crippen LogP contribution in [0.3, 0.4) is 0 Å². The van der Waals surface area contributed by atoms with Gasteiger partial charge in [-0.3, -0.25) is 9.07 Å². The zero-order valence-corrected chi connectivity index (χ0v) is 19.4. The average molecular weight is 601 g/mol. The summed E-state index contributed by atoms with van der Waals surface area (Å²) in [6.07, 6.45) is 5.47. The second-order valence-electron chi connectivity index (χ2n) is 6.80. The summed E-state index contributed by atoms with van der Waals surface area (Å²) in [6, 6.07) is 26.4. The standard InChI is InChI=1S/C16H10FN2O.C9H7N2.Ir/c1-20-15-9-19-14-5-3-2-4-11(14)13-8-10(17)6-7-12(13)16(19)18-15;1-2-5-9(6-3-1)11-8-4-7-10-11;/h2-6,8-9H,1H3;1-5,7-8H;/q2*-1;. The summed E-state index contributed by atoms with van der Waals surface area (Å²) in [5.74, 6) is 0.228. The summed E-state index contributed by atoms with van der Waals surface area (Å²) in [6.45, 7) is 0. The maximum atomic E-state index is 13.6. The molecule has 3 aromatic carbocycles. The Morgan fingerprint density at radius 2 is 1.84 bits per heavy atom. The van der Waals surface area contributed by atoms with Crippen LogP contribution in [-0.2, 0) is 20.1 Å². The molecule has 0 amide bonds. The Balaban J connectivity index is 0.000000174. The van der Waals surface area contributed by atoms with E-state index in [1.54, 1.807) is 18.0 Å². The van der Waals surface area contributed by atoms with Crippen LogP contribution in [0, 0.1) is 17.9 Å². The Kier molecular flexibility index (Phi) is 6.30. The van der Waals surface area contributed by atoms with Gasteiger partial charge in [0.2, 0.25) is 5.88 Å². The topological polar surface area (TPSA) is 44.4 Å². The van der Waals surface area contributed by atoms with Crippen LogP contribution in [-0.4, -0.2) is 26.3 Å². The van der Waals surface area contributed by atoms with Gasteiger partial charge in [0.1, 0.15) is 0 Å². The molecule has 3 heterocycles. The van der Waals surface area contributed by atoms with Crippen molar-refractivity contribution < 1.29 is 29.2 Å². The molecule has 6 aromatic rings. The van der Waals surface area contributed by atoms with Crippen molar-refractivity contribution in [1.82, 2.24) is 19.2 Å². The Bertz CT molecular complexity index is 1480. The Morgan fingerprint density at radius 3 is 2.59 bits per heavy atom. The summed E-state index contributed by atoms with van der Waals surface area (Å²) in [4.78, 5) is 4.43. The van der Waals surface area contributed by atoms with Crippen LogP contribution >= 0.6 is 0 Å². The monoisotopic (exact) mass is 601 g/mol. The second-order valence-corrected chi connectivity index (χ2v) is 6.80. The van der Waals surface area contributed by atoms with E-state index in [-0.39, 0.29) is 25.9 Å². The summed E-state index contributed by atoms with van der Waals surface area (Å²) >= 11 is 0. The number of pyridine rings is 1. The number of ether oxygens (including phenoxy) is 1. The first-order valence-electron chi connectivity index (χ1n) is 9.66. The summed E-state index contributed by atoms with van der Waals surface area (Å²) in [7, 11) is 1.58. The predicted octanol–water partition coefficient (Wildman–Crippen LogP) is 5.26. The number of halogens is 1. The molecule has 0 aliphatic carbocycles. The van der Waals surface area contributed by atoms with E-state index in [0.29, 0.717) is 5.88 Å². The quantitative estimate of drug-likeness (QED) is 0.201. The molecule has 0 saturated heterocycles. The molecule has 6 rings (SSSR count). The van der Waals surface area contributed by atoms with Crippen LogP contribution < -0.4 is 4.74 Å². The number of benzene rings is 3. The third-order valence-electron chi connectivity index (χ3n) is 4.92. The molecular formula is C25H17FIrN4O-2. The largest absolute Gasteiger partial charge is 0.480 e. The van der Waals surface area contributed by atoms with E-state index in [1.165, 1.54) is 12.1 Å². The van der Waals surface area contributed by atoms with E-state index in [2.05, 4.69) is 22.2 Å². The Hall–Kier alpha value is -3.54. The fourth-order valence-corrected chi connectivity index (χ4v) is 3.53. The zero-order chi connectivity index (χ0) is 21.2. The van der Waals surface area contributed by atoms with E-state index >= 15 is 0 Å². The number of rotatable bonds is 2. The number of aromatic nitrogens is 4. The minimum absolute atomic E-state index is 0. The van der Waals surface area contributed by atoms with Gasteiger partial charge in [-0.15, -0.1) is 24.3 Å². The van der Waals surface area contributed by atoms with E-state index in [9.17, 15) is 4.39 Å². The average Bonchev–Trinajstić information content (AvgIpc) is 3.51. The molecule has 1 radical (unpaired) electrons. The third kappa shape index (κ3) is 4.00. The van der Waals surface area contributed by atoms with Crippen LogP contribution in [0.4, 0.5) is 4.39 Å². The maximum Gasteiger partial charge on any atom is 0.221 e. The fraction of sp³-hybridized carbons (Fsp3) is 0.0400. The Morgan fingerprint density at radius 1 is 1.00 bits per heavy atom. The molecule has 0 fully saturated rings. The normalized spacial score (nSPS) is 10.6. The number of imidazole rings is 1. The molecule has 0 saturated carbocycles. The number of para-hydroxylation sites is 2. The summed E-state index contributed by atoms with van der Waals surface area (Å²) < 4.78 is 22.5. The molecule has 0 aliphatic heterocycles. The molecule has 0 aliphatic rings. The van der Waals surface area contributed by atoms with Crippen LogP contribution in [0.2, 0.25) is 0 Å². The van der Waals surface area contributed by atoms with Gasteiger partial charge in [-0.05, 0) is 23.2 Å². The summed E-state index contributed by atoms with van der Waals surface area (Å²) in [5.41, 5.74) is 2.65. The first kappa shape index (κ1) is 21.7. The van der Waals surface area contributed by atoms with Crippen molar-refractivity contribution in [2.75, 3.05) is 7.11 Å². The van der Waals surface area contributed by atoms with Crippen LogP contribution in [0.5, 0.6) is 5.88 Å². The molecule has 0 atom stereocenters. The molecule has 161 valence electrons. The molecular weight excluding hydrogens is 584 g/mol. The van der Waals surface area contributed by atoms with Gasteiger partial charge in [-0.25, -0.2) is 4.98 Å². The van der Waals surface area contributed by atoms with E-state index < -0.39 is 0 Å². The fourth-order valence-electron chi connectivity index (χ4n) is 3.53. The van der Waals surface area contributed by atoms with Gasteiger partial charge in [-0.1, -0.05) is 29.0 Å². The second kappa shape index (κ2) is 9.30. The van der Waals surface area contributed by atoms with Crippen molar-refractivity contribution >= 4 is 27.3 Å². The van der Waals surface area contributed by atoms with E-state index in [1.807, 2.05) is 71.4 Å². The van der Waals surface area contributed by atoms with Gasteiger partial charge in [0.25, 0.3) is 0 Å². The molecule has 0 N–H and O–H groups in total. The summed E-state index contributed by atoms with van der Waals surface area (Å²) in [5, 5.41) is 6.63. The van der Waals surface area contributed by atoms with E-state index in [4.69, 9.17) is 4.74 Å². The van der Waals surface area contributed by atoms with Crippen molar-refractivity contribution in [3.63, 3.8) is 0 Å². The molecule has 5 nitrogen and oxygen atoms in total. The number of hydrogen-bond acceptors (Lipinski definition) is 3. The minimum atomic E-state index is -0.300. The molecule has 0 bridgehead atoms. The van der Waals surface area contributed by atoms with Gasteiger partial charge in [-0.2, -0.15) is 29.4 Å². The van der Waals surface area contributed by atoms with Gasteiger partial charge in [0, 0.05) is 43.8 Å². The first-order chi connectivity index (χ1) is 15.2. The van der Waals surface area contributed by atoms with Gasteiger partial charge >= 0.3 is 0 Å². The van der Waals surface area contributed by atoms with Crippen LogP contribution in [0.25, 0.3) is 33.0 Å². The predicted molar refractivity (Wildman–Crippen MR) is 118 cm³/mol. The van der Waals surface area contributed by atoms with Gasteiger partial charge in [0.15, 0.2) is 0 Å². The number of methoxy groups -OCH3 is 1. The van der Waals surface area contributed by atoms with Gasteiger partial charge in [0.05, 0.1) is 19.0 Å². The molecule has 0 unspecified atom stereocenters. The van der Waals surface area contributed by atoms with Crippen molar-refractivity contribution in [3.8, 4) is 11.6 Å². The van der Waals surface area contributed by atoms with Crippen LogP contribution in [0.1, 0.15) is 0 Å². The van der Waals surface area contributed by atoms with Crippen LogP contribution in [0.15, 0.2) is 85.3 Å². The van der Waals surface area contributed by atoms with E-state index in [0.717, 1.165) is 33.0 Å². The number of nitrogens with zero attached hydrogens (tertiary/aromatic N) is 4. The number of fused-ring (bicyclic) bond motifs is 6. The Labute approximate surface area is 197 Å². The smallest absolute Gasteiger partial charge is 0.221 e. The van der Waals surface area contributed by atoms with Gasteiger partial charge < -0.3 is 9.14 Å². The third-order valence-corrected chi connectivity index (χ3v) is 4.92. The maximum absolute atomic E-state index is 13.6. The molecule has 7 heteroatoms. The SMILES string of the molecule is COc1cn2c3ccccc3c3cc(F)c[c-]c3c2n1.[Ir].[c-]1ccccc1-n1cccn1. The molecule has 32 heavy (non-hydrogen) atoms.